The molecule has 0 saturated heterocycles. The average Bonchev–Trinajstić information content (AvgIpc) is 3.51. The largest absolute Gasteiger partial charge is 0.352 e. The number of rotatable bonds is 9. The molecule has 0 bridgehead atoms. The van der Waals surface area contributed by atoms with Gasteiger partial charge in [-0.15, -0.1) is 0 Å². The van der Waals surface area contributed by atoms with Gasteiger partial charge in [0, 0.05) is 27.9 Å². The monoisotopic (exact) mass is 398 g/mol. The summed E-state index contributed by atoms with van der Waals surface area (Å²) in [4.78, 5) is 26.7. The van der Waals surface area contributed by atoms with Crippen molar-refractivity contribution in [3.63, 3.8) is 0 Å². The number of amides is 1. The zero-order valence-electron chi connectivity index (χ0n) is 16.4. The van der Waals surface area contributed by atoms with Gasteiger partial charge >= 0.3 is 0 Å². The second kappa shape index (κ2) is 9.24. The number of aromatic amines is 1. The molecule has 4 nitrogen and oxygen atoms in total. The number of carbonyl (C=O) groups excluding carboxylic acids is 1. The lowest BCUT2D eigenvalue weighted by Gasteiger charge is -2.16. The molecule has 0 aliphatic heterocycles. The van der Waals surface area contributed by atoms with E-state index in [1.54, 1.807) is 0 Å². The third kappa shape index (κ3) is 4.74. The van der Waals surface area contributed by atoms with Crippen LogP contribution in [0, 0.1) is 0 Å². The number of aryl methyl sites for hydroxylation is 1. The van der Waals surface area contributed by atoms with Crippen LogP contribution >= 0.6 is 11.6 Å². The predicted octanol–water partition coefficient (Wildman–Crippen LogP) is 4.81. The summed E-state index contributed by atoms with van der Waals surface area (Å²) < 4.78 is 0. The normalized spacial score (nSPS) is 15.3. The fourth-order valence-corrected chi connectivity index (χ4v) is 3.83. The Hall–Kier alpha value is -2.33. The van der Waals surface area contributed by atoms with Crippen LogP contribution in [0.4, 0.5) is 0 Å². The molecule has 1 heterocycles. The van der Waals surface area contributed by atoms with Gasteiger partial charge in [-0.2, -0.15) is 0 Å². The summed E-state index contributed by atoms with van der Waals surface area (Å²) in [5.74, 6) is 0.396. The number of H-pyrrole nitrogens is 1. The maximum atomic E-state index is 12.6. The summed E-state index contributed by atoms with van der Waals surface area (Å²) in [5.41, 5.74) is 4.45. The molecule has 1 atom stereocenters. The number of nitrogens with one attached hydrogen (secondary N) is 2. The highest BCUT2D eigenvalue weighted by molar-refractivity contribution is 6.31. The Bertz CT molecular complexity index is 928. The third-order valence-corrected chi connectivity index (χ3v) is 5.59. The van der Waals surface area contributed by atoms with Crippen LogP contribution in [0.3, 0.4) is 0 Å². The second-order valence-electron chi connectivity index (χ2n) is 7.35. The van der Waals surface area contributed by atoms with E-state index in [4.69, 9.17) is 11.6 Å². The summed E-state index contributed by atoms with van der Waals surface area (Å²) in [7, 11) is 0. The zero-order chi connectivity index (χ0) is 20.1. The molecule has 28 heavy (non-hydrogen) atoms. The van der Waals surface area contributed by atoms with E-state index in [0.29, 0.717) is 10.9 Å². The SMILES string of the molecule is CCC[C@H](/C=C(\c1ccc(CC)c(Cl)c1)c1ccc(C2CC2)c(=O)[nH]1)NC=O. The molecule has 0 spiro atoms. The van der Waals surface area contributed by atoms with Crippen molar-refractivity contribution < 1.29 is 4.79 Å². The van der Waals surface area contributed by atoms with Gasteiger partial charge in [-0.1, -0.05) is 56.1 Å². The molecule has 1 amide bonds. The van der Waals surface area contributed by atoms with Crippen molar-refractivity contribution in [1.82, 2.24) is 10.3 Å². The van der Waals surface area contributed by atoms with Crippen molar-refractivity contribution >= 4 is 23.6 Å². The van der Waals surface area contributed by atoms with E-state index < -0.39 is 0 Å². The Morgan fingerprint density at radius 3 is 2.64 bits per heavy atom. The van der Waals surface area contributed by atoms with Crippen LogP contribution in [-0.4, -0.2) is 17.4 Å². The van der Waals surface area contributed by atoms with Gasteiger partial charge < -0.3 is 10.3 Å². The Labute approximate surface area is 171 Å². The van der Waals surface area contributed by atoms with Crippen molar-refractivity contribution in [2.24, 2.45) is 0 Å². The molecule has 2 aromatic rings. The molecule has 3 rings (SSSR count). The van der Waals surface area contributed by atoms with Crippen LogP contribution in [0.15, 0.2) is 41.2 Å². The van der Waals surface area contributed by atoms with Crippen LogP contribution in [0.25, 0.3) is 5.57 Å². The first-order valence-corrected chi connectivity index (χ1v) is 10.4. The van der Waals surface area contributed by atoms with Crippen LogP contribution in [0.1, 0.15) is 67.8 Å². The molecule has 148 valence electrons. The lowest BCUT2D eigenvalue weighted by Crippen LogP contribution is -2.26. The Morgan fingerprint density at radius 1 is 1.29 bits per heavy atom. The minimum Gasteiger partial charge on any atom is -0.352 e. The number of hydrogen-bond acceptors (Lipinski definition) is 2. The third-order valence-electron chi connectivity index (χ3n) is 5.24. The highest BCUT2D eigenvalue weighted by Gasteiger charge is 2.26. The summed E-state index contributed by atoms with van der Waals surface area (Å²) in [6, 6.07) is 9.76. The van der Waals surface area contributed by atoms with Gasteiger partial charge in [0.2, 0.25) is 6.41 Å². The molecule has 0 radical (unpaired) electrons. The number of halogens is 1. The second-order valence-corrected chi connectivity index (χ2v) is 7.76. The Balaban J connectivity index is 2.08. The Morgan fingerprint density at radius 2 is 2.07 bits per heavy atom. The van der Waals surface area contributed by atoms with Crippen LogP contribution < -0.4 is 10.9 Å². The van der Waals surface area contributed by atoms with Gasteiger partial charge in [-0.25, -0.2) is 0 Å². The Kier molecular flexibility index (Phi) is 6.74. The molecule has 1 aromatic heterocycles. The van der Waals surface area contributed by atoms with E-state index in [0.717, 1.165) is 66.5 Å². The van der Waals surface area contributed by atoms with Crippen LogP contribution in [0.5, 0.6) is 0 Å². The van der Waals surface area contributed by atoms with Gasteiger partial charge in [0.25, 0.3) is 5.56 Å². The van der Waals surface area contributed by atoms with Gasteiger partial charge in [0.15, 0.2) is 0 Å². The molecular weight excluding hydrogens is 372 g/mol. The molecule has 2 N–H and O–H groups in total. The van der Waals surface area contributed by atoms with Crippen molar-refractivity contribution in [3.8, 4) is 0 Å². The lowest BCUT2D eigenvalue weighted by atomic mass is 9.96. The lowest BCUT2D eigenvalue weighted by molar-refractivity contribution is -0.109. The highest BCUT2D eigenvalue weighted by Crippen LogP contribution is 2.38. The molecule has 1 saturated carbocycles. The molecule has 0 unspecified atom stereocenters. The molecular formula is C23H27ClN2O2. The quantitative estimate of drug-likeness (QED) is 0.595. The first kappa shape index (κ1) is 20.4. The van der Waals surface area contributed by atoms with E-state index >= 15 is 0 Å². The topological polar surface area (TPSA) is 62.0 Å². The number of carbonyl (C=O) groups is 1. The summed E-state index contributed by atoms with van der Waals surface area (Å²) in [6.07, 6.45) is 7.51. The van der Waals surface area contributed by atoms with Crippen LogP contribution in [-0.2, 0) is 11.2 Å². The smallest absolute Gasteiger partial charge is 0.251 e. The van der Waals surface area contributed by atoms with E-state index in [2.05, 4.69) is 24.1 Å². The maximum Gasteiger partial charge on any atom is 0.251 e. The van der Waals surface area contributed by atoms with Crippen LogP contribution in [0.2, 0.25) is 5.02 Å². The first-order valence-electron chi connectivity index (χ1n) is 10.0. The number of hydrogen-bond donors (Lipinski definition) is 2. The van der Waals surface area contributed by atoms with Gasteiger partial charge in [-0.05, 0) is 54.9 Å². The summed E-state index contributed by atoms with van der Waals surface area (Å²) >= 11 is 6.46. The van der Waals surface area contributed by atoms with E-state index in [1.165, 1.54) is 0 Å². The fourth-order valence-electron chi connectivity index (χ4n) is 3.52. The molecule has 1 fully saturated rings. The highest BCUT2D eigenvalue weighted by atomic mass is 35.5. The summed E-state index contributed by atoms with van der Waals surface area (Å²) in [6.45, 7) is 4.14. The number of pyridine rings is 1. The predicted molar refractivity (Wildman–Crippen MR) is 115 cm³/mol. The van der Waals surface area contributed by atoms with Crippen molar-refractivity contribution in [2.45, 2.75) is 57.9 Å². The van der Waals surface area contributed by atoms with E-state index in [1.807, 2.05) is 36.4 Å². The average molecular weight is 399 g/mol. The van der Waals surface area contributed by atoms with Crippen molar-refractivity contribution in [3.05, 3.63) is 74.2 Å². The van der Waals surface area contributed by atoms with Crippen molar-refractivity contribution in [2.75, 3.05) is 0 Å². The van der Waals surface area contributed by atoms with E-state index in [9.17, 15) is 9.59 Å². The molecule has 1 aliphatic rings. The maximum absolute atomic E-state index is 12.6. The van der Waals surface area contributed by atoms with Gasteiger partial charge in [0.1, 0.15) is 0 Å². The standard InChI is InChI=1S/C23H27ClN2O2/c1-3-5-18(25-14-27)13-20(17-9-6-15(4-2)21(24)12-17)22-11-10-19(16-7-8-16)23(28)26-22/h6,9-14,16,18H,3-5,7-8H2,1-2H3,(H,25,27)(H,26,28)/b20-13+/t18-/m1/s1. The fraction of sp³-hybridized carbons (Fsp3) is 0.391. The van der Waals surface area contributed by atoms with Gasteiger partial charge in [-0.3, -0.25) is 9.59 Å². The first-order chi connectivity index (χ1) is 13.6. The number of benzene rings is 1. The minimum atomic E-state index is -0.117. The van der Waals surface area contributed by atoms with Gasteiger partial charge in [0.05, 0.1) is 0 Å². The minimum absolute atomic E-state index is 0.0300. The molecule has 1 aliphatic carbocycles. The molecule has 5 heteroatoms. The number of aromatic nitrogens is 1. The molecule has 1 aromatic carbocycles. The zero-order valence-corrected chi connectivity index (χ0v) is 17.2. The summed E-state index contributed by atoms with van der Waals surface area (Å²) in [5, 5.41) is 3.57. The van der Waals surface area contributed by atoms with E-state index in [-0.39, 0.29) is 11.6 Å². The van der Waals surface area contributed by atoms with Crippen molar-refractivity contribution in [1.29, 1.82) is 0 Å².